The van der Waals surface area contributed by atoms with Gasteiger partial charge in [-0.2, -0.15) is 0 Å². The smallest absolute Gasteiger partial charge is 0.160 e. The quantitative estimate of drug-likeness (QED) is 0.792. The number of alkyl halides is 1. The number of halogens is 1. The molecule has 0 radical (unpaired) electrons. The van der Waals surface area contributed by atoms with Crippen LogP contribution in [0.15, 0.2) is 12.3 Å². The molecule has 2 aromatic heterocycles. The van der Waals surface area contributed by atoms with E-state index in [0.717, 1.165) is 42.9 Å². The number of rotatable bonds is 2. The predicted octanol–water partition coefficient (Wildman–Crippen LogP) is 2.75. The van der Waals surface area contributed by atoms with Crippen molar-refractivity contribution in [3.8, 4) is 0 Å². The van der Waals surface area contributed by atoms with Gasteiger partial charge in [0.25, 0.3) is 0 Å². The van der Waals surface area contributed by atoms with Gasteiger partial charge in [-0.05, 0) is 51.5 Å². The molecule has 1 aliphatic rings. The van der Waals surface area contributed by atoms with E-state index in [2.05, 4.69) is 33.4 Å². The van der Waals surface area contributed by atoms with Crippen molar-refractivity contribution in [1.82, 2.24) is 19.4 Å². The average molecular weight is 279 g/mol. The number of nitrogens with zero attached hydrogens (tertiary/aromatic N) is 4. The number of pyridine rings is 1. The molecule has 3 rings (SSSR count). The summed E-state index contributed by atoms with van der Waals surface area (Å²) in [7, 11) is 2.17. The van der Waals surface area contributed by atoms with Crippen LogP contribution in [-0.2, 0) is 5.88 Å². The highest BCUT2D eigenvalue weighted by atomic mass is 35.5. The topological polar surface area (TPSA) is 34.0 Å². The molecule has 0 N–H and O–H groups in total. The second kappa shape index (κ2) is 5.10. The van der Waals surface area contributed by atoms with Crippen molar-refractivity contribution in [3.05, 3.63) is 23.7 Å². The molecule has 3 heterocycles. The normalized spacial score (nSPS) is 18.3. The second-order valence-electron chi connectivity index (χ2n) is 5.37. The van der Waals surface area contributed by atoms with Gasteiger partial charge >= 0.3 is 0 Å². The summed E-state index contributed by atoms with van der Waals surface area (Å²) in [4.78, 5) is 11.6. The molecular formula is C14H19ClN4. The number of hydrogen-bond donors (Lipinski definition) is 0. The van der Waals surface area contributed by atoms with Crippen molar-refractivity contribution in [3.63, 3.8) is 0 Å². The molecule has 0 unspecified atom stereocenters. The third-order valence-corrected chi connectivity index (χ3v) is 4.27. The van der Waals surface area contributed by atoms with Crippen LogP contribution in [0, 0.1) is 6.92 Å². The molecule has 5 heteroatoms. The Morgan fingerprint density at radius 3 is 2.79 bits per heavy atom. The van der Waals surface area contributed by atoms with Crippen LogP contribution in [0.1, 0.15) is 30.3 Å². The summed E-state index contributed by atoms with van der Waals surface area (Å²) in [5.74, 6) is 1.40. The Morgan fingerprint density at radius 1 is 1.37 bits per heavy atom. The lowest BCUT2D eigenvalue weighted by molar-refractivity contribution is 0.221. The fourth-order valence-electron chi connectivity index (χ4n) is 2.89. The maximum Gasteiger partial charge on any atom is 0.160 e. The van der Waals surface area contributed by atoms with Crippen LogP contribution in [0.4, 0.5) is 0 Å². The molecule has 0 aromatic carbocycles. The van der Waals surface area contributed by atoms with E-state index in [1.807, 2.05) is 12.3 Å². The number of aryl methyl sites for hydroxylation is 1. The first-order valence-corrected chi connectivity index (χ1v) is 7.31. The Balaban J connectivity index is 2.08. The highest BCUT2D eigenvalue weighted by molar-refractivity contribution is 6.16. The summed E-state index contributed by atoms with van der Waals surface area (Å²) in [6.07, 6.45) is 4.14. The average Bonchev–Trinajstić information content (AvgIpc) is 2.80. The van der Waals surface area contributed by atoms with E-state index < -0.39 is 0 Å². The molecule has 0 saturated carbocycles. The van der Waals surface area contributed by atoms with E-state index in [-0.39, 0.29) is 0 Å². The van der Waals surface area contributed by atoms with Gasteiger partial charge in [-0.15, -0.1) is 11.6 Å². The fourth-order valence-corrected chi connectivity index (χ4v) is 3.08. The number of fused-ring (bicyclic) bond motifs is 1. The number of piperidine rings is 1. The van der Waals surface area contributed by atoms with Crippen molar-refractivity contribution in [2.24, 2.45) is 0 Å². The van der Waals surface area contributed by atoms with Gasteiger partial charge in [0, 0.05) is 12.2 Å². The number of hydrogen-bond acceptors (Lipinski definition) is 3. The van der Waals surface area contributed by atoms with Crippen molar-refractivity contribution in [2.45, 2.75) is 31.7 Å². The van der Waals surface area contributed by atoms with Gasteiger partial charge in [0.15, 0.2) is 5.65 Å². The molecule has 2 aromatic rings. The molecule has 1 saturated heterocycles. The zero-order chi connectivity index (χ0) is 13.4. The minimum atomic E-state index is 0.447. The molecule has 0 atom stereocenters. The van der Waals surface area contributed by atoms with Crippen LogP contribution < -0.4 is 0 Å². The third-order valence-electron chi connectivity index (χ3n) is 4.03. The van der Waals surface area contributed by atoms with Crippen molar-refractivity contribution in [1.29, 1.82) is 0 Å². The number of aromatic nitrogens is 3. The monoisotopic (exact) mass is 278 g/mol. The lowest BCUT2D eigenvalue weighted by atomic mass is 10.1. The fraction of sp³-hybridized carbons (Fsp3) is 0.571. The van der Waals surface area contributed by atoms with Gasteiger partial charge < -0.3 is 9.47 Å². The Bertz CT molecular complexity index is 584. The predicted molar refractivity (Wildman–Crippen MR) is 77.6 cm³/mol. The van der Waals surface area contributed by atoms with Crippen LogP contribution >= 0.6 is 11.6 Å². The van der Waals surface area contributed by atoms with Crippen LogP contribution in [0.5, 0.6) is 0 Å². The van der Waals surface area contributed by atoms with E-state index in [9.17, 15) is 0 Å². The van der Waals surface area contributed by atoms with Crippen molar-refractivity contribution < 1.29 is 0 Å². The van der Waals surface area contributed by atoms with E-state index in [1.54, 1.807) is 0 Å². The second-order valence-corrected chi connectivity index (χ2v) is 5.63. The van der Waals surface area contributed by atoms with Crippen LogP contribution in [0.25, 0.3) is 11.2 Å². The van der Waals surface area contributed by atoms with Gasteiger partial charge in [0.2, 0.25) is 0 Å². The molecule has 0 spiro atoms. The lowest BCUT2D eigenvalue weighted by Gasteiger charge is -2.30. The molecule has 0 aliphatic carbocycles. The largest absolute Gasteiger partial charge is 0.308 e. The number of likely N-dealkylation sites (tertiary alicyclic amines) is 1. The minimum absolute atomic E-state index is 0.447. The Hall–Kier alpha value is -1.13. The van der Waals surface area contributed by atoms with E-state index in [1.165, 1.54) is 5.56 Å². The van der Waals surface area contributed by atoms with Gasteiger partial charge in [0.05, 0.1) is 5.88 Å². The summed E-state index contributed by atoms with van der Waals surface area (Å²) in [5, 5.41) is 0. The summed E-state index contributed by atoms with van der Waals surface area (Å²) in [5.41, 5.74) is 3.16. The Labute approximate surface area is 118 Å². The van der Waals surface area contributed by atoms with E-state index in [0.29, 0.717) is 11.9 Å². The summed E-state index contributed by atoms with van der Waals surface area (Å²) in [6.45, 7) is 4.32. The van der Waals surface area contributed by atoms with Crippen LogP contribution in [0.3, 0.4) is 0 Å². The summed E-state index contributed by atoms with van der Waals surface area (Å²) < 4.78 is 2.27. The van der Waals surface area contributed by atoms with Gasteiger partial charge in [-0.25, -0.2) is 9.97 Å². The SMILES string of the molecule is Cc1ccnc2c1nc(CCl)n2C1CCN(C)CC1. The molecule has 1 fully saturated rings. The van der Waals surface area contributed by atoms with Crippen LogP contribution in [-0.4, -0.2) is 39.6 Å². The highest BCUT2D eigenvalue weighted by Gasteiger charge is 2.23. The molecule has 0 amide bonds. The van der Waals surface area contributed by atoms with Gasteiger partial charge in [-0.3, -0.25) is 0 Å². The molecule has 4 nitrogen and oxygen atoms in total. The molecule has 1 aliphatic heterocycles. The Kier molecular flexibility index (Phi) is 3.46. The number of imidazole rings is 1. The zero-order valence-electron chi connectivity index (χ0n) is 11.4. The summed E-state index contributed by atoms with van der Waals surface area (Å²) >= 11 is 6.08. The summed E-state index contributed by atoms with van der Waals surface area (Å²) in [6, 6.07) is 2.48. The van der Waals surface area contributed by atoms with Gasteiger partial charge in [-0.1, -0.05) is 0 Å². The highest BCUT2D eigenvalue weighted by Crippen LogP contribution is 2.29. The first kappa shape index (κ1) is 12.9. The van der Waals surface area contributed by atoms with Crippen molar-refractivity contribution in [2.75, 3.05) is 20.1 Å². The molecular weight excluding hydrogens is 260 g/mol. The standard InChI is InChI=1S/C14H19ClN4/c1-10-3-6-16-14-13(10)17-12(9-15)19(14)11-4-7-18(2)8-5-11/h3,6,11H,4-5,7-9H2,1-2H3. The Morgan fingerprint density at radius 2 is 2.11 bits per heavy atom. The van der Waals surface area contributed by atoms with E-state index >= 15 is 0 Å². The maximum absolute atomic E-state index is 6.08. The molecule has 0 bridgehead atoms. The zero-order valence-corrected chi connectivity index (χ0v) is 12.2. The van der Waals surface area contributed by atoms with Crippen molar-refractivity contribution >= 4 is 22.8 Å². The molecule has 102 valence electrons. The lowest BCUT2D eigenvalue weighted by Crippen LogP contribution is -2.32. The first-order valence-electron chi connectivity index (χ1n) is 6.77. The minimum Gasteiger partial charge on any atom is -0.308 e. The first-order chi connectivity index (χ1) is 9.20. The van der Waals surface area contributed by atoms with E-state index in [4.69, 9.17) is 11.6 Å². The van der Waals surface area contributed by atoms with Crippen LogP contribution in [0.2, 0.25) is 0 Å². The maximum atomic E-state index is 6.08. The third kappa shape index (κ3) is 2.23. The van der Waals surface area contributed by atoms with Gasteiger partial charge in [0.1, 0.15) is 11.3 Å². The molecule has 19 heavy (non-hydrogen) atoms.